The van der Waals surface area contributed by atoms with Crippen molar-refractivity contribution in [3.63, 3.8) is 0 Å². The number of fused-ring (bicyclic) bond motifs is 1. The van der Waals surface area contributed by atoms with Crippen molar-refractivity contribution in [1.82, 2.24) is 24.8 Å². The van der Waals surface area contributed by atoms with E-state index in [2.05, 4.69) is 40.5 Å². The second-order valence-corrected chi connectivity index (χ2v) is 14.8. The molecule has 3 aromatic heterocycles. The molecule has 0 saturated carbocycles. The van der Waals surface area contributed by atoms with E-state index >= 15 is 0 Å². The fourth-order valence-corrected chi connectivity index (χ4v) is 8.23. The zero-order valence-corrected chi connectivity index (χ0v) is 26.8. The quantitative estimate of drug-likeness (QED) is 0.322. The zero-order valence-electron chi connectivity index (χ0n) is 25.1. The Labute approximate surface area is 248 Å². The highest BCUT2D eigenvalue weighted by Gasteiger charge is 2.27. The monoisotopic (exact) mass is 600 g/mol. The predicted octanol–water partition coefficient (Wildman–Crippen LogP) is 4.91. The van der Waals surface area contributed by atoms with Crippen LogP contribution in [0.1, 0.15) is 62.0 Å². The fraction of sp³-hybridized carbons (Fsp3) is 0.633. The van der Waals surface area contributed by atoms with Crippen LogP contribution in [0, 0.1) is 6.92 Å². The molecule has 2 saturated heterocycles. The smallest absolute Gasteiger partial charge is 0.226 e. The largest absolute Gasteiger partial charge is 0.481 e. The second kappa shape index (κ2) is 12.9. The number of methoxy groups -OCH3 is 1. The van der Waals surface area contributed by atoms with Crippen LogP contribution in [-0.2, 0) is 22.1 Å². The number of hydrogen-bond donors (Lipinski definition) is 0. The van der Waals surface area contributed by atoms with Gasteiger partial charge in [-0.15, -0.1) is 11.3 Å². The number of sulfone groups is 1. The molecule has 3 aromatic rings. The lowest BCUT2D eigenvalue weighted by Crippen LogP contribution is -2.44. The Bertz CT molecular complexity index is 1460. The lowest BCUT2D eigenvalue weighted by molar-refractivity contribution is 0.113. The number of ether oxygens (including phenoxy) is 1. The standard InChI is InChI=1S/C30H44N6O3S2/c1-6-35(7-2)24-11-15-34(16-12-24)19-25-21(3)40-28-26(32-30(33-27(25)28)36-13-9-8-10-14-36)22-17-23(20-41(5,37)38)29(39-4)31-18-22/h17-18,24H,6-16,19-20H2,1-5H3. The van der Waals surface area contributed by atoms with E-state index in [1.807, 2.05) is 6.07 Å². The normalized spacial score (nSPS) is 17.6. The summed E-state index contributed by atoms with van der Waals surface area (Å²) in [4.78, 5) is 23.5. The van der Waals surface area contributed by atoms with Gasteiger partial charge < -0.3 is 14.5 Å². The third kappa shape index (κ3) is 6.84. The molecule has 2 aliphatic heterocycles. The average Bonchev–Trinajstić information content (AvgIpc) is 3.28. The van der Waals surface area contributed by atoms with E-state index in [0.717, 1.165) is 86.1 Å². The molecule has 5 rings (SSSR count). The highest BCUT2D eigenvalue weighted by molar-refractivity contribution is 7.89. The molecule has 0 bridgehead atoms. The molecule has 41 heavy (non-hydrogen) atoms. The molecule has 0 atom stereocenters. The topological polar surface area (TPSA) is 91.8 Å². The van der Waals surface area contributed by atoms with Crippen molar-refractivity contribution in [1.29, 1.82) is 0 Å². The predicted molar refractivity (Wildman–Crippen MR) is 168 cm³/mol. The zero-order chi connectivity index (χ0) is 29.1. The first-order valence-electron chi connectivity index (χ1n) is 14.9. The van der Waals surface area contributed by atoms with Crippen LogP contribution in [-0.4, -0.2) is 91.8 Å². The number of thiophene rings is 1. The molecular weight excluding hydrogens is 557 g/mol. The summed E-state index contributed by atoms with van der Waals surface area (Å²) in [6, 6.07) is 2.55. The third-order valence-electron chi connectivity index (χ3n) is 8.54. The molecule has 2 fully saturated rings. The highest BCUT2D eigenvalue weighted by atomic mass is 32.2. The van der Waals surface area contributed by atoms with Gasteiger partial charge in [-0.3, -0.25) is 4.90 Å². The molecule has 11 heteroatoms. The number of rotatable bonds is 10. The van der Waals surface area contributed by atoms with Gasteiger partial charge in [0, 0.05) is 59.7 Å². The summed E-state index contributed by atoms with van der Waals surface area (Å²) in [7, 11) is -1.76. The van der Waals surface area contributed by atoms with Crippen LogP contribution in [0.2, 0.25) is 0 Å². The number of nitrogens with zero attached hydrogens (tertiary/aromatic N) is 6. The minimum absolute atomic E-state index is 0.137. The molecule has 5 heterocycles. The van der Waals surface area contributed by atoms with Crippen LogP contribution < -0.4 is 9.64 Å². The van der Waals surface area contributed by atoms with Crippen LogP contribution in [0.15, 0.2) is 12.3 Å². The van der Waals surface area contributed by atoms with Crippen molar-refractivity contribution in [3.8, 4) is 17.1 Å². The molecule has 2 aliphatic rings. The highest BCUT2D eigenvalue weighted by Crippen LogP contribution is 2.39. The lowest BCUT2D eigenvalue weighted by atomic mass is 10.0. The molecular formula is C30H44N6O3S2. The van der Waals surface area contributed by atoms with E-state index in [1.165, 1.54) is 43.1 Å². The summed E-state index contributed by atoms with van der Waals surface area (Å²) < 4.78 is 30.8. The van der Waals surface area contributed by atoms with Gasteiger partial charge in [-0.25, -0.2) is 23.4 Å². The first-order valence-corrected chi connectivity index (χ1v) is 17.8. The minimum Gasteiger partial charge on any atom is -0.481 e. The molecule has 0 amide bonds. The third-order valence-corrected chi connectivity index (χ3v) is 10.5. The van der Waals surface area contributed by atoms with E-state index in [9.17, 15) is 8.42 Å². The van der Waals surface area contributed by atoms with E-state index in [1.54, 1.807) is 17.5 Å². The van der Waals surface area contributed by atoms with Crippen LogP contribution in [0.4, 0.5) is 5.95 Å². The van der Waals surface area contributed by atoms with Gasteiger partial charge in [0.2, 0.25) is 11.8 Å². The van der Waals surface area contributed by atoms with Crippen molar-refractivity contribution in [2.45, 2.75) is 71.2 Å². The van der Waals surface area contributed by atoms with Crippen LogP contribution >= 0.6 is 11.3 Å². The van der Waals surface area contributed by atoms with Gasteiger partial charge in [0.05, 0.1) is 28.8 Å². The summed E-state index contributed by atoms with van der Waals surface area (Å²) >= 11 is 1.73. The van der Waals surface area contributed by atoms with Gasteiger partial charge in [-0.05, 0) is 71.3 Å². The van der Waals surface area contributed by atoms with Crippen molar-refractivity contribution in [3.05, 3.63) is 28.3 Å². The van der Waals surface area contributed by atoms with Gasteiger partial charge in [-0.1, -0.05) is 13.8 Å². The molecule has 0 aromatic carbocycles. The van der Waals surface area contributed by atoms with Crippen LogP contribution in [0.25, 0.3) is 21.5 Å². The Kier molecular flexibility index (Phi) is 9.47. The maximum atomic E-state index is 12.2. The number of hydrogen-bond acceptors (Lipinski definition) is 10. The first kappa shape index (κ1) is 30.1. The summed E-state index contributed by atoms with van der Waals surface area (Å²) in [5, 5.41) is 0. The summed E-state index contributed by atoms with van der Waals surface area (Å²) in [5.41, 5.74) is 4.46. The molecule has 9 nitrogen and oxygen atoms in total. The number of pyridine rings is 1. The first-order chi connectivity index (χ1) is 19.7. The number of likely N-dealkylation sites (tertiary alicyclic amines) is 1. The Balaban J connectivity index is 1.54. The molecule has 0 spiro atoms. The van der Waals surface area contributed by atoms with Crippen LogP contribution in [0.5, 0.6) is 5.88 Å². The summed E-state index contributed by atoms with van der Waals surface area (Å²) in [6.45, 7) is 13.9. The molecule has 0 radical (unpaired) electrons. The Morgan fingerprint density at radius 2 is 1.78 bits per heavy atom. The molecule has 0 N–H and O–H groups in total. The van der Waals surface area contributed by atoms with Gasteiger partial charge in [0.15, 0.2) is 9.84 Å². The fourth-order valence-electron chi connectivity index (χ4n) is 6.34. The second-order valence-electron chi connectivity index (χ2n) is 11.4. The Hall–Kier alpha value is -2.34. The van der Waals surface area contributed by atoms with Crippen molar-refractivity contribution in [2.75, 3.05) is 57.5 Å². The Morgan fingerprint density at radius 3 is 2.41 bits per heavy atom. The van der Waals surface area contributed by atoms with Gasteiger partial charge >= 0.3 is 0 Å². The maximum absolute atomic E-state index is 12.2. The van der Waals surface area contributed by atoms with E-state index < -0.39 is 9.84 Å². The molecule has 224 valence electrons. The van der Waals surface area contributed by atoms with Crippen LogP contribution in [0.3, 0.4) is 0 Å². The van der Waals surface area contributed by atoms with E-state index in [0.29, 0.717) is 17.5 Å². The summed E-state index contributed by atoms with van der Waals surface area (Å²) in [6.07, 6.45) is 8.88. The maximum Gasteiger partial charge on any atom is 0.226 e. The van der Waals surface area contributed by atoms with Crippen molar-refractivity contribution in [2.24, 2.45) is 0 Å². The van der Waals surface area contributed by atoms with Crippen molar-refractivity contribution >= 4 is 37.3 Å². The average molecular weight is 601 g/mol. The van der Waals surface area contributed by atoms with E-state index in [4.69, 9.17) is 14.7 Å². The number of anilines is 1. The SMILES string of the molecule is CCN(CC)C1CCN(Cc2c(C)sc3c(-c4cnc(OC)c(CS(C)(=O)=O)c4)nc(N4CCCCC4)nc23)CC1. The Morgan fingerprint density at radius 1 is 1.07 bits per heavy atom. The number of aryl methyl sites for hydroxylation is 1. The van der Waals surface area contributed by atoms with Gasteiger partial charge in [-0.2, -0.15) is 0 Å². The van der Waals surface area contributed by atoms with Gasteiger partial charge in [0.1, 0.15) is 0 Å². The van der Waals surface area contributed by atoms with Gasteiger partial charge in [0.25, 0.3) is 0 Å². The van der Waals surface area contributed by atoms with Crippen molar-refractivity contribution < 1.29 is 13.2 Å². The lowest BCUT2D eigenvalue weighted by Gasteiger charge is -2.37. The summed E-state index contributed by atoms with van der Waals surface area (Å²) in [5.74, 6) is 0.950. The number of piperidine rings is 2. The number of aromatic nitrogens is 3. The van der Waals surface area contributed by atoms with E-state index in [-0.39, 0.29) is 5.75 Å². The molecule has 0 unspecified atom stereocenters. The molecule has 0 aliphatic carbocycles. The minimum atomic E-state index is -3.28.